The van der Waals surface area contributed by atoms with Crippen LogP contribution in [-0.2, 0) is 12.0 Å². The van der Waals surface area contributed by atoms with Crippen LogP contribution in [0.25, 0.3) is 0 Å². The van der Waals surface area contributed by atoms with Crippen LogP contribution < -0.4 is 0 Å². The number of hydrogen-bond donors (Lipinski definition) is 1. The minimum atomic E-state index is -0.743. The van der Waals surface area contributed by atoms with Crippen molar-refractivity contribution >= 4 is 0 Å². The average Bonchev–Trinajstić information content (AvgIpc) is 2.86. The molecular formula is C15H19FN2O. The molecule has 1 atom stereocenters. The molecule has 1 unspecified atom stereocenters. The summed E-state index contributed by atoms with van der Waals surface area (Å²) in [6.45, 7) is 6.62. The van der Waals surface area contributed by atoms with Crippen LogP contribution in [0, 0.1) is 5.82 Å². The van der Waals surface area contributed by atoms with Gasteiger partial charge >= 0.3 is 0 Å². The largest absolute Gasteiger partial charge is 0.384 e. The second kappa shape index (κ2) is 5.13. The first kappa shape index (κ1) is 13.7. The molecule has 0 saturated heterocycles. The highest BCUT2D eigenvalue weighted by atomic mass is 19.1. The van der Waals surface area contributed by atoms with Gasteiger partial charge in [-0.15, -0.1) is 0 Å². The van der Waals surface area contributed by atoms with Crippen molar-refractivity contribution in [3.8, 4) is 0 Å². The third-order valence-electron chi connectivity index (χ3n) is 3.60. The van der Waals surface area contributed by atoms with Crippen molar-refractivity contribution in [3.63, 3.8) is 0 Å². The molecule has 2 rings (SSSR count). The molecule has 1 heterocycles. The summed E-state index contributed by atoms with van der Waals surface area (Å²) in [5.41, 5.74) is 0.346. The molecule has 1 aromatic heterocycles. The number of imidazole rings is 1. The van der Waals surface area contributed by atoms with E-state index in [1.54, 1.807) is 18.3 Å². The Morgan fingerprint density at radius 1 is 1.32 bits per heavy atom. The molecule has 0 aliphatic heterocycles. The van der Waals surface area contributed by atoms with Crippen molar-refractivity contribution in [1.29, 1.82) is 0 Å². The van der Waals surface area contributed by atoms with Gasteiger partial charge in [0.05, 0.1) is 0 Å². The zero-order chi connectivity index (χ0) is 14.0. The average molecular weight is 262 g/mol. The lowest BCUT2D eigenvalue weighted by Gasteiger charge is -2.31. The zero-order valence-electron chi connectivity index (χ0n) is 11.5. The Labute approximate surface area is 112 Å². The van der Waals surface area contributed by atoms with E-state index in [4.69, 9.17) is 0 Å². The van der Waals surface area contributed by atoms with Crippen molar-refractivity contribution in [3.05, 3.63) is 53.9 Å². The molecule has 0 spiro atoms. The van der Waals surface area contributed by atoms with E-state index < -0.39 is 11.5 Å². The Bertz CT molecular complexity index is 546. The van der Waals surface area contributed by atoms with Crippen molar-refractivity contribution in [2.24, 2.45) is 0 Å². The SMILES string of the molecule is CCn1ccnc1C(O)C(C)(C)c1ccc(F)cc1. The van der Waals surface area contributed by atoms with Gasteiger partial charge in [-0.3, -0.25) is 0 Å². The van der Waals surface area contributed by atoms with E-state index in [1.165, 1.54) is 12.1 Å². The molecule has 0 fully saturated rings. The lowest BCUT2D eigenvalue weighted by Crippen LogP contribution is -2.29. The summed E-state index contributed by atoms with van der Waals surface area (Å²) in [4.78, 5) is 4.24. The van der Waals surface area contributed by atoms with E-state index in [0.29, 0.717) is 5.82 Å². The molecule has 0 aliphatic carbocycles. The second-order valence-electron chi connectivity index (χ2n) is 5.20. The third kappa shape index (κ3) is 2.54. The number of hydrogen-bond acceptors (Lipinski definition) is 2. The molecular weight excluding hydrogens is 243 g/mol. The fraction of sp³-hybridized carbons (Fsp3) is 0.400. The number of halogens is 1. The van der Waals surface area contributed by atoms with Gasteiger partial charge in [0.2, 0.25) is 0 Å². The second-order valence-corrected chi connectivity index (χ2v) is 5.20. The predicted octanol–water partition coefficient (Wildman–Crippen LogP) is 3.05. The van der Waals surface area contributed by atoms with Gasteiger partial charge in [-0.25, -0.2) is 9.37 Å². The number of aliphatic hydroxyl groups is 1. The lowest BCUT2D eigenvalue weighted by molar-refractivity contribution is 0.0882. The van der Waals surface area contributed by atoms with Crippen molar-refractivity contribution in [2.45, 2.75) is 38.8 Å². The van der Waals surface area contributed by atoms with Crippen LogP contribution >= 0.6 is 0 Å². The number of aryl methyl sites for hydroxylation is 1. The molecule has 0 radical (unpaired) electrons. The maximum absolute atomic E-state index is 13.0. The molecule has 1 aromatic carbocycles. The molecule has 3 nitrogen and oxygen atoms in total. The van der Waals surface area contributed by atoms with E-state index in [1.807, 2.05) is 31.5 Å². The topological polar surface area (TPSA) is 38.0 Å². The van der Waals surface area contributed by atoms with E-state index in [-0.39, 0.29) is 5.82 Å². The van der Waals surface area contributed by atoms with E-state index in [0.717, 1.165) is 12.1 Å². The van der Waals surface area contributed by atoms with E-state index in [2.05, 4.69) is 4.98 Å². The number of aliphatic hydroxyl groups excluding tert-OH is 1. The van der Waals surface area contributed by atoms with Gasteiger partial charge < -0.3 is 9.67 Å². The first-order valence-electron chi connectivity index (χ1n) is 6.42. The highest BCUT2D eigenvalue weighted by Crippen LogP contribution is 2.36. The lowest BCUT2D eigenvalue weighted by atomic mass is 9.79. The van der Waals surface area contributed by atoms with Crippen molar-refractivity contribution < 1.29 is 9.50 Å². The summed E-state index contributed by atoms with van der Waals surface area (Å²) in [5.74, 6) is 0.362. The molecule has 102 valence electrons. The number of rotatable bonds is 4. The maximum atomic E-state index is 13.0. The summed E-state index contributed by atoms with van der Waals surface area (Å²) < 4.78 is 14.9. The molecule has 2 aromatic rings. The molecule has 0 saturated carbocycles. The Kier molecular flexibility index (Phi) is 3.71. The Morgan fingerprint density at radius 2 is 1.95 bits per heavy atom. The molecule has 19 heavy (non-hydrogen) atoms. The quantitative estimate of drug-likeness (QED) is 0.919. The fourth-order valence-electron chi connectivity index (χ4n) is 2.20. The highest BCUT2D eigenvalue weighted by molar-refractivity contribution is 5.27. The molecule has 1 N–H and O–H groups in total. The minimum Gasteiger partial charge on any atom is -0.384 e. The van der Waals surface area contributed by atoms with Gasteiger partial charge in [0.25, 0.3) is 0 Å². The van der Waals surface area contributed by atoms with Crippen LogP contribution in [0.2, 0.25) is 0 Å². The monoisotopic (exact) mass is 262 g/mol. The molecule has 4 heteroatoms. The van der Waals surface area contributed by atoms with Crippen molar-refractivity contribution in [2.75, 3.05) is 0 Å². The highest BCUT2D eigenvalue weighted by Gasteiger charge is 2.33. The molecule has 0 aliphatic rings. The Balaban J connectivity index is 2.36. The first-order valence-corrected chi connectivity index (χ1v) is 6.42. The molecule has 0 amide bonds. The maximum Gasteiger partial charge on any atom is 0.138 e. The number of nitrogens with zero attached hydrogens (tertiary/aromatic N) is 2. The van der Waals surface area contributed by atoms with Gasteiger partial charge in [0.1, 0.15) is 17.7 Å². The van der Waals surface area contributed by atoms with Gasteiger partial charge in [-0.1, -0.05) is 26.0 Å². The number of aromatic nitrogens is 2. The summed E-state index contributed by atoms with van der Waals surface area (Å²) >= 11 is 0. The Hall–Kier alpha value is -1.68. The van der Waals surface area contributed by atoms with Crippen molar-refractivity contribution in [1.82, 2.24) is 9.55 Å². The van der Waals surface area contributed by atoms with Crippen LogP contribution in [0.3, 0.4) is 0 Å². The summed E-state index contributed by atoms with van der Waals surface area (Å²) in [7, 11) is 0. The zero-order valence-corrected chi connectivity index (χ0v) is 11.5. The first-order chi connectivity index (χ1) is 8.96. The normalized spacial score (nSPS) is 13.5. The van der Waals surface area contributed by atoms with Crippen LogP contribution in [0.4, 0.5) is 4.39 Å². The fourth-order valence-corrected chi connectivity index (χ4v) is 2.20. The summed E-state index contributed by atoms with van der Waals surface area (Å²) in [6, 6.07) is 6.24. The minimum absolute atomic E-state index is 0.274. The van der Waals surface area contributed by atoms with Crippen LogP contribution in [-0.4, -0.2) is 14.7 Å². The van der Waals surface area contributed by atoms with Gasteiger partial charge in [-0.05, 0) is 24.6 Å². The Morgan fingerprint density at radius 3 is 2.53 bits per heavy atom. The van der Waals surface area contributed by atoms with E-state index in [9.17, 15) is 9.50 Å². The standard InChI is InChI=1S/C15H19FN2O/c1-4-18-10-9-17-14(18)13(19)15(2,3)11-5-7-12(16)8-6-11/h5-10,13,19H,4H2,1-3H3. The van der Waals surface area contributed by atoms with E-state index >= 15 is 0 Å². The summed E-state index contributed by atoms with van der Waals surface area (Å²) in [5, 5.41) is 10.6. The third-order valence-corrected chi connectivity index (χ3v) is 3.60. The summed E-state index contributed by atoms with van der Waals surface area (Å²) in [6.07, 6.45) is 2.79. The van der Waals surface area contributed by atoms with Gasteiger partial charge in [0, 0.05) is 24.4 Å². The molecule has 0 bridgehead atoms. The smallest absolute Gasteiger partial charge is 0.138 e. The van der Waals surface area contributed by atoms with Gasteiger partial charge in [-0.2, -0.15) is 0 Å². The van der Waals surface area contributed by atoms with Crippen LogP contribution in [0.15, 0.2) is 36.7 Å². The van der Waals surface area contributed by atoms with Gasteiger partial charge in [0.15, 0.2) is 0 Å². The van der Waals surface area contributed by atoms with Crippen LogP contribution in [0.5, 0.6) is 0 Å². The predicted molar refractivity (Wildman–Crippen MR) is 72.3 cm³/mol. The number of benzene rings is 1. The van der Waals surface area contributed by atoms with Crippen LogP contribution in [0.1, 0.15) is 38.3 Å².